The molecule has 0 radical (unpaired) electrons. The predicted molar refractivity (Wildman–Crippen MR) is 157 cm³/mol. The summed E-state index contributed by atoms with van der Waals surface area (Å²) in [6.45, 7) is 0. The number of rotatable bonds is 3. The largest absolute Gasteiger partial charge is 0.455 e. The van der Waals surface area contributed by atoms with Gasteiger partial charge in [0.15, 0.2) is 0 Å². The molecular formula is C36H22O2. The Labute approximate surface area is 219 Å². The summed E-state index contributed by atoms with van der Waals surface area (Å²) in [5.74, 6) is 0. The van der Waals surface area contributed by atoms with Gasteiger partial charge in [-0.3, -0.25) is 0 Å². The molecule has 0 fully saturated rings. The minimum Gasteiger partial charge on any atom is -0.455 e. The topological polar surface area (TPSA) is 26.3 Å². The Balaban J connectivity index is 1.53. The van der Waals surface area contributed by atoms with Crippen LogP contribution >= 0.6 is 0 Å². The standard InChI is InChI=1S/C36H22O2/c1-4-12-23(13-5-1)26-18-10-20-28-30-22-31-29-21-11-19-27(24-14-6-2-7-15-24)34(29)38-36(31)32(35(30)37-33(26)28)25-16-8-3-9-17-25/h1-22H. The molecule has 2 nitrogen and oxygen atoms in total. The van der Waals surface area contributed by atoms with Crippen LogP contribution in [0.1, 0.15) is 0 Å². The zero-order chi connectivity index (χ0) is 25.1. The second-order valence-electron chi connectivity index (χ2n) is 9.67. The minimum atomic E-state index is 0.849. The fourth-order valence-electron chi connectivity index (χ4n) is 5.74. The maximum Gasteiger partial charge on any atom is 0.147 e. The third kappa shape index (κ3) is 3.07. The van der Waals surface area contributed by atoms with Gasteiger partial charge in [0.05, 0.1) is 5.56 Å². The molecule has 0 aliphatic rings. The summed E-state index contributed by atoms with van der Waals surface area (Å²) in [6, 6.07) is 46.4. The average Bonchev–Trinajstić information content (AvgIpc) is 3.55. The maximum absolute atomic E-state index is 6.78. The van der Waals surface area contributed by atoms with Crippen LogP contribution in [0.3, 0.4) is 0 Å². The van der Waals surface area contributed by atoms with Gasteiger partial charge in [-0.2, -0.15) is 0 Å². The lowest BCUT2D eigenvalue weighted by atomic mass is 9.97. The number of furan rings is 2. The first-order valence-electron chi connectivity index (χ1n) is 12.9. The van der Waals surface area contributed by atoms with Crippen LogP contribution in [0.15, 0.2) is 142 Å². The van der Waals surface area contributed by atoms with E-state index in [0.717, 1.165) is 77.3 Å². The first kappa shape index (κ1) is 21.0. The smallest absolute Gasteiger partial charge is 0.147 e. The van der Waals surface area contributed by atoms with E-state index in [-0.39, 0.29) is 0 Å². The van der Waals surface area contributed by atoms with E-state index in [1.165, 1.54) is 0 Å². The molecule has 8 aromatic rings. The zero-order valence-corrected chi connectivity index (χ0v) is 20.5. The molecule has 0 aliphatic heterocycles. The molecule has 0 atom stereocenters. The van der Waals surface area contributed by atoms with Crippen LogP contribution in [0, 0.1) is 0 Å². The van der Waals surface area contributed by atoms with Crippen LogP contribution in [-0.4, -0.2) is 0 Å². The van der Waals surface area contributed by atoms with Gasteiger partial charge in [-0.05, 0) is 22.8 Å². The van der Waals surface area contributed by atoms with Gasteiger partial charge in [-0.15, -0.1) is 0 Å². The molecule has 0 N–H and O–H groups in total. The molecule has 0 saturated carbocycles. The van der Waals surface area contributed by atoms with Crippen LogP contribution in [0.4, 0.5) is 0 Å². The van der Waals surface area contributed by atoms with Crippen molar-refractivity contribution < 1.29 is 8.83 Å². The minimum absolute atomic E-state index is 0.849. The summed E-state index contributed by atoms with van der Waals surface area (Å²) >= 11 is 0. The van der Waals surface area contributed by atoms with Gasteiger partial charge in [0.2, 0.25) is 0 Å². The lowest BCUT2D eigenvalue weighted by Gasteiger charge is -2.04. The van der Waals surface area contributed by atoms with Crippen molar-refractivity contribution in [2.75, 3.05) is 0 Å². The molecule has 2 aromatic heterocycles. The second kappa shape index (κ2) is 8.22. The highest BCUT2D eigenvalue weighted by atomic mass is 16.3. The van der Waals surface area contributed by atoms with Gasteiger partial charge in [0.1, 0.15) is 22.3 Å². The Morgan fingerprint density at radius 2 is 0.737 bits per heavy atom. The fourth-order valence-corrected chi connectivity index (χ4v) is 5.74. The SMILES string of the molecule is c1ccc(-c2cccc3c2oc2c(-c4ccccc4)c4oc5c(-c6ccccc6)cccc5c4cc23)cc1. The van der Waals surface area contributed by atoms with E-state index in [0.29, 0.717) is 0 Å². The first-order chi connectivity index (χ1) is 18.9. The van der Waals surface area contributed by atoms with Crippen molar-refractivity contribution in [3.05, 3.63) is 133 Å². The molecule has 0 amide bonds. The van der Waals surface area contributed by atoms with Crippen LogP contribution in [-0.2, 0) is 0 Å². The number of hydrogen-bond acceptors (Lipinski definition) is 2. The lowest BCUT2D eigenvalue weighted by Crippen LogP contribution is -1.80. The van der Waals surface area contributed by atoms with Crippen molar-refractivity contribution in [2.24, 2.45) is 0 Å². The second-order valence-corrected chi connectivity index (χ2v) is 9.67. The van der Waals surface area contributed by atoms with E-state index in [2.05, 4.69) is 115 Å². The van der Waals surface area contributed by atoms with E-state index in [1.807, 2.05) is 18.2 Å². The molecule has 2 heterocycles. The molecule has 8 rings (SSSR count). The summed E-state index contributed by atoms with van der Waals surface area (Å²) in [7, 11) is 0. The van der Waals surface area contributed by atoms with E-state index in [9.17, 15) is 0 Å². The molecule has 2 heteroatoms. The Morgan fingerprint density at radius 3 is 1.18 bits per heavy atom. The van der Waals surface area contributed by atoms with E-state index in [4.69, 9.17) is 8.83 Å². The van der Waals surface area contributed by atoms with Gasteiger partial charge in [0, 0.05) is 32.7 Å². The Kier molecular flexibility index (Phi) is 4.55. The summed E-state index contributed by atoms with van der Waals surface area (Å²) < 4.78 is 13.6. The van der Waals surface area contributed by atoms with Crippen molar-refractivity contribution in [1.82, 2.24) is 0 Å². The molecule has 178 valence electrons. The van der Waals surface area contributed by atoms with Gasteiger partial charge in [0.25, 0.3) is 0 Å². The summed E-state index contributed by atoms with van der Waals surface area (Å²) in [4.78, 5) is 0. The molecule has 0 spiro atoms. The third-order valence-electron chi connectivity index (χ3n) is 7.48. The molecule has 0 unspecified atom stereocenters. The number of hydrogen-bond donors (Lipinski definition) is 0. The van der Waals surface area contributed by atoms with Crippen molar-refractivity contribution in [3.63, 3.8) is 0 Å². The summed E-state index contributed by atoms with van der Waals surface area (Å²) in [6.07, 6.45) is 0. The first-order valence-corrected chi connectivity index (χ1v) is 12.9. The molecule has 0 aliphatic carbocycles. The molecule has 6 aromatic carbocycles. The Morgan fingerprint density at radius 1 is 0.316 bits per heavy atom. The van der Waals surface area contributed by atoms with Crippen LogP contribution < -0.4 is 0 Å². The highest BCUT2D eigenvalue weighted by molar-refractivity contribution is 6.23. The van der Waals surface area contributed by atoms with Crippen molar-refractivity contribution in [1.29, 1.82) is 0 Å². The number of fused-ring (bicyclic) bond motifs is 6. The van der Waals surface area contributed by atoms with Gasteiger partial charge < -0.3 is 8.83 Å². The molecule has 0 saturated heterocycles. The van der Waals surface area contributed by atoms with Crippen molar-refractivity contribution >= 4 is 43.9 Å². The molecular weight excluding hydrogens is 464 g/mol. The monoisotopic (exact) mass is 486 g/mol. The Bertz CT molecular complexity index is 1970. The average molecular weight is 487 g/mol. The van der Waals surface area contributed by atoms with Crippen molar-refractivity contribution in [3.8, 4) is 33.4 Å². The maximum atomic E-state index is 6.78. The molecule has 38 heavy (non-hydrogen) atoms. The van der Waals surface area contributed by atoms with E-state index < -0.39 is 0 Å². The van der Waals surface area contributed by atoms with Crippen LogP contribution in [0.25, 0.3) is 77.3 Å². The summed E-state index contributed by atoms with van der Waals surface area (Å²) in [5.41, 5.74) is 10.0. The highest BCUT2D eigenvalue weighted by Crippen LogP contribution is 2.47. The van der Waals surface area contributed by atoms with Crippen LogP contribution in [0.2, 0.25) is 0 Å². The van der Waals surface area contributed by atoms with Gasteiger partial charge in [-0.25, -0.2) is 0 Å². The lowest BCUT2D eigenvalue weighted by molar-refractivity contribution is 0.659. The highest BCUT2D eigenvalue weighted by Gasteiger charge is 2.23. The van der Waals surface area contributed by atoms with Gasteiger partial charge >= 0.3 is 0 Å². The van der Waals surface area contributed by atoms with Crippen molar-refractivity contribution in [2.45, 2.75) is 0 Å². The molecule has 0 bridgehead atoms. The quantitative estimate of drug-likeness (QED) is 0.248. The van der Waals surface area contributed by atoms with Gasteiger partial charge in [-0.1, -0.05) is 127 Å². The van der Waals surface area contributed by atoms with E-state index in [1.54, 1.807) is 0 Å². The van der Waals surface area contributed by atoms with E-state index >= 15 is 0 Å². The number of para-hydroxylation sites is 2. The summed E-state index contributed by atoms with van der Waals surface area (Å²) in [5, 5.41) is 4.40. The normalized spacial score (nSPS) is 11.7. The fraction of sp³-hybridized carbons (Fsp3) is 0. The number of benzene rings is 6. The zero-order valence-electron chi connectivity index (χ0n) is 20.5. The third-order valence-corrected chi connectivity index (χ3v) is 7.48. The Hall–Kier alpha value is -5.08. The predicted octanol–water partition coefficient (Wildman–Crippen LogP) is 10.5. The van der Waals surface area contributed by atoms with Crippen LogP contribution in [0.5, 0.6) is 0 Å².